The summed E-state index contributed by atoms with van der Waals surface area (Å²) in [6.07, 6.45) is 0. The lowest BCUT2D eigenvalue weighted by molar-refractivity contribution is -0.384. The van der Waals surface area contributed by atoms with E-state index in [-0.39, 0.29) is 35.3 Å². The molecule has 0 unspecified atom stereocenters. The van der Waals surface area contributed by atoms with Crippen LogP contribution in [0.3, 0.4) is 0 Å². The maximum absolute atomic E-state index is 11.2. The molecular weight excluding hydrogens is 450 g/mol. The van der Waals surface area contributed by atoms with E-state index in [2.05, 4.69) is 0 Å². The molecule has 8 nitrogen and oxygen atoms in total. The van der Waals surface area contributed by atoms with Crippen LogP contribution in [-0.2, 0) is 6.61 Å². The van der Waals surface area contributed by atoms with E-state index >= 15 is 0 Å². The molecule has 35 heavy (non-hydrogen) atoms. The summed E-state index contributed by atoms with van der Waals surface area (Å²) in [4.78, 5) is 10.7. The average molecular weight is 473 g/mol. The topological polar surface area (TPSA) is 111 Å². The van der Waals surface area contributed by atoms with Gasteiger partial charge in [0.1, 0.15) is 12.4 Å². The maximum Gasteiger partial charge on any atom is 0.270 e. The summed E-state index contributed by atoms with van der Waals surface area (Å²) in [5.74, 6) is 0.357. The number of nitro benzene ring substituents is 1. The molecule has 0 radical (unpaired) electrons. The summed E-state index contributed by atoms with van der Waals surface area (Å²) in [5.41, 5.74) is 2.51. The first-order valence-corrected chi connectivity index (χ1v) is 10.7. The van der Waals surface area contributed by atoms with Gasteiger partial charge in [-0.15, -0.1) is 0 Å². The van der Waals surface area contributed by atoms with Crippen LogP contribution in [0.5, 0.6) is 28.7 Å². The Morgan fingerprint density at radius 2 is 1.60 bits per heavy atom. The second-order valence-electron chi connectivity index (χ2n) is 7.65. The molecule has 178 valence electrons. The highest BCUT2D eigenvalue weighted by atomic mass is 16.6. The molecule has 0 aliphatic rings. The van der Waals surface area contributed by atoms with E-state index in [9.17, 15) is 20.3 Å². The maximum atomic E-state index is 11.2. The fraction of sp³-hybridized carbons (Fsp3) is 0.111. The number of aromatic hydroxyl groups is 2. The van der Waals surface area contributed by atoms with Crippen LogP contribution >= 0.6 is 0 Å². The van der Waals surface area contributed by atoms with E-state index in [1.807, 2.05) is 30.3 Å². The third-order valence-corrected chi connectivity index (χ3v) is 5.50. The lowest BCUT2D eigenvalue weighted by atomic mass is 9.96. The Morgan fingerprint density at radius 1 is 0.829 bits per heavy atom. The van der Waals surface area contributed by atoms with E-state index in [0.29, 0.717) is 28.0 Å². The fourth-order valence-electron chi connectivity index (χ4n) is 3.80. The molecule has 0 heterocycles. The number of ether oxygens (including phenoxy) is 3. The van der Waals surface area contributed by atoms with Crippen LogP contribution in [0.1, 0.15) is 5.56 Å². The molecule has 0 saturated heterocycles. The molecule has 0 atom stereocenters. The quantitative estimate of drug-likeness (QED) is 0.241. The second kappa shape index (κ2) is 10.0. The van der Waals surface area contributed by atoms with Crippen molar-refractivity contribution in [1.82, 2.24) is 0 Å². The van der Waals surface area contributed by atoms with Gasteiger partial charge in [0.25, 0.3) is 5.69 Å². The van der Waals surface area contributed by atoms with Gasteiger partial charge >= 0.3 is 0 Å². The highest BCUT2D eigenvalue weighted by Gasteiger charge is 2.23. The molecule has 4 aromatic carbocycles. The lowest BCUT2D eigenvalue weighted by Gasteiger charge is -2.18. The zero-order valence-electron chi connectivity index (χ0n) is 19.1. The standard InChI is InChI=1S/C27H23NO7/c1-33-24-15-21(18-9-6-10-20(13-18)28(31)32)27(34-2)26(30)25(24)19-11-12-23(22(29)14-19)35-16-17-7-4-3-5-8-17/h3-15,29-30H,16H2,1-2H3. The summed E-state index contributed by atoms with van der Waals surface area (Å²) in [7, 11) is 2.84. The molecule has 8 heteroatoms. The SMILES string of the molecule is COc1cc(-c2cccc([N+](=O)[O-])c2)c(OC)c(O)c1-c1ccc(OCc2ccccc2)c(O)c1. The van der Waals surface area contributed by atoms with Gasteiger partial charge in [-0.2, -0.15) is 0 Å². The third kappa shape index (κ3) is 4.81. The minimum Gasteiger partial charge on any atom is -0.504 e. The Hall–Kier alpha value is -4.72. The van der Waals surface area contributed by atoms with Crippen LogP contribution in [0.4, 0.5) is 5.69 Å². The number of phenolic OH excluding ortho intramolecular Hbond substituents is 2. The van der Waals surface area contributed by atoms with Crippen molar-refractivity contribution >= 4 is 5.69 Å². The normalized spacial score (nSPS) is 10.6. The first kappa shape index (κ1) is 23.4. The van der Waals surface area contributed by atoms with Crippen molar-refractivity contribution < 1.29 is 29.3 Å². The largest absolute Gasteiger partial charge is 0.504 e. The van der Waals surface area contributed by atoms with Gasteiger partial charge in [-0.05, 0) is 34.9 Å². The molecule has 0 saturated carbocycles. The van der Waals surface area contributed by atoms with Crippen molar-refractivity contribution in [2.75, 3.05) is 14.2 Å². The van der Waals surface area contributed by atoms with Crippen molar-refractivity contribution in [2.45, 2.75) is 6.61 Å². The predicted molar refractivity (Wildman–Crippen MR) is 131 cm³/mol. The number of nitro groups is 1. The van der Waals surface area contributed by atoms with Crippen LogP contribution in [0.15, 0.2) is 78.9 Å². The number of rotatable bonds is 8. The number of methoxy groups -OCH3 is 2. The van der Waals surface area contributed by atoms with Crippen LogP contribution in [-0.4, -0.2) is 29.4 Å². The number of phenols is 2. The van der Waals surface area contributed by atoms with Crippen molar-refractivity contribution in [3.63, 3.8) is 0 Å². The molecule has 4 rings (SSSR count). The highest BCUT2D eigenvalue weighted by Crippen LogP contribution is 2.50. The van der Waals surface area contributed by atoms with Gasteiger partial charge in [0.05, 0.1) is 24.7 Å². The van der Waals surface area contributed by atoms with E-state index in [4.69, 9.17) is 14.2 Å². The minimum absolute atomic E-state index is 0.0944. The summed E-state index contributed by atoms with van der Waals surface area (Å²) < 4.78 is 16.7. The molecule has 0 aromatic heterocycles. The zero-order chi connectivity index (χ0) is 24.9. The molecular formula is C27H23NO7. The molecule has 0 fully saturated rings. The predicted octanol–water partition coefficient (Wildman–Crippen LogP) is 5.94. The van der Waals surface area contributed by atoms with E-state index in [0.717, 1.165) is 5.56 Å². The van der Waals surface area contributed by atoms with Gasteiger partial charge in [0.15, 0.2) is 23.0 Å². The Bertz CT molecular complexity index is 1370. The van der Waals surface area contributed by atoms with Gasteiger partial charge in [-0.3, -0.25) is 10.1 Å². The van der Waals surface area contributed by atoms with Gasteiger partial charge in [-0.25, -0.2) is 0 Å². The Morgan fingerprint density at radius 3 is 2.26 bits per heavy atom. The van der Waals surface area contributed by atoms with Crippen LogP contribution in [0.2, 0.25) is 0 Å². The number of non-ortho nitro benzene ring substituents is 1. The van der Waals surface area contributed by atoms with Gasteiger partial charge in [0.2, 0.25) is 0 Å². The van der Waals surface area contributed by atoms with Crippen molar-refractivity contribution in [2.24, 2.45) is 0 Å². The molecule has 0 bridgehead atoms. The van der Waals surface area contributed by atoms with Crippen molar-refractivity contribution in [1.29, 1.82) is 0 Å². The number of hydrogen-bond donors (Lipinski definition) is 2. The summed E-state index contributed by atoms with van der Waals surface area (Å²) in [6, 6.07) is 21.9. The number of benzene rings is 4. The third-order valence-electron chi connectivity index (χ3n) is 5.50. The molecule has 0 spiro atoms. The fourth-order valence-corrected chi connectivity index (χ4v) is 3.80. The van der Waals surface area contributed by atoms with E-state index in [1.54, 1.807) is 30.3 Å². The minimum atomic E-state index is -0.494. The van der Waals surface area contributed by atoms with Gasteiger partial charge < -0.3 is 24.4 Å². The molecule has 0 aliphatic carbocycles. The molecule has 2 N–H and O–H groups in total. The smallest absolute Gasteiger partial charge is 0.270 e. The van der Waals surface area contributed by atoms with Crippen LogP contribution in [0, 0.1) is 10.1 Å². The Kier molecular flexibility index (Phi) is 6.73. The monoisotopic (exact) mass is 473 g/mol. The average Bonchev–Trinajstić information content (AvgIpc) is 2.88. The molecule has 0 amide bonds. The van der Waals surface area contributed by atoms with Crippen molar-refractivity contribution in [3.05, 3.63) is 94.5 Å². The second-order valence-corrected chi connectivity index (χ2v) is 7.65. The zero-order valence-corrected chi connectivity index (χ0v) is 19.1. The Balaban J connectivity index is 1.74. The van der Waals surface area contributed by atoms with Gasteiger partial charge in [-0.1, -0.05) is 48.5 Å². The lowest BCUT2D eigenvalue weighted by Crippen LogP contribution is -1.97. The Labute approximate surface area is 201 Å². The first-order valence-electron chi connectivity index (χ1n) is 10.7. The number of hydrogen-bond acceptors (Lipinski definition) is 7. The first-order chi connectivity index (χ1) is 16.9. The molecule has 4 aromatic rings. The van der Waals surface area contributed by atoms with E-state index < -0.39 is 4.92 Å². The summed E-state index contributed by atoms with van der Waals surface area (Å²) in [6.45, 7) is 0.286. The van der Waals surface area contributed by atoms with Crippen LogP contribution < -0.4 is 14.2 Å². The van der Waals surface area contributed by atoms with Gasteiger partial charge in [0, 0.05) is 17.7 Å². The van der Waals surface area contributed by atoms with E-state index in [1.165, 1.54) is 32.4 Å². The van der Waals surface area contributed by atoms with Crippen molar-refractivity contribution in [3.8, 4) is 51.0 Å². The molecule has 0 aliphatic heterocycles. The highest BCUT2D eigenvalue weighted by molar-refractivity contribution is 5.88. The number of nitrogens with zero attached hydrogens (tertiary/aromatic N) is 1. The van der Waals surface area contributed by atoms with Crippen LogP contribution in [0.25, 0.3) is 22.3 Å². The summed E-state index contributed by atoms with van der Waals surface area (Å²) in [5, 5.41) is 32.9. The summed E-state index contributed by atoms with van der Waals surface area (Å²) >= 11 is 0.